The Hall–Kier alpha value is -3.02. The largest absolute Gasteiger partial charge is 0.344 e. The van der Waals surface area contributed by atoms with E-state index >= 15 is 0 Å². The predicted octanol–water partition coefficient (Wildman–Crippen LogP) is 2.77. The highest BCUT2D eigenvalue weighted by Gasteiger charge is 2.14. The van der Waals surface area contributed by atoms with E-state index in [0.717, 1.165) is 17.0 Å². The molecule has 0 aliphatic rings. The first kappa shape index (κ1) is 15.9. The molecule has 0 aliphatic carbocycles. The zero-order valence-electron chi connectivity index (χ0n) is 13.9. The van der Waals surface area contributed by atoms with E-state index in [1.54, 1.807) is 16.8 Å². The molecule has 24 heavy (non-hydrogen) atoms. The highest BCUT2D eigenvalue weighted by atomic mass is 16.2. The van der Waals surface area contributed by atoms with Gasteiger partial charge in [-0.25, -0.2) is 4.68 Å². The van der Waals surface area contributed by atoms with Gasteiger partial charge in [0.2, 0.25) is 0 Å². The summed E-state index contributed by atoms with van der Waals surface area (Å²) in [4.78, 5) is 12.3. The van der Waals surface area contributed by atoms with Gasteiger partial charge in [-0.2, -0.15) is 5.10 Å². The summed E-state index contributed by atoms with van der Waals surface area (Å²) in [6, 6.07) is 15.1. The number of hydrogen-bond donors (Lipinski definition) is 1. The Balaban J connectivity index is 1.73. The number of amides is 1. The van der Waals surface area contributed by atoms with Crippen molar-refractivity contribution in [2.45, 2.75) is 26.8 Å². The molecular weight excluding hydrogens is 302 g/mol. The quantitative estimate of drug-likeness (QED) is 0.802. The van der Waals surface area contributed by atoms with Gasteiger partial charge < -0.3 is 5.32 Å². The summed E-state index contributed by atoms with van der Waals surface area (Å²) in [6.45, 7) is 5.80. The van der Waals surface area contributed by atoms with Gasteiger partial charge in [0.25, 0.3) is 5.91 Å². The molecule has 122 valence electrons. The topological polar surface area (TPSA) is 72.7 Å². The Kier molecular flexibility index (Phi) is 4.37. The van der Waals surface area contributed by atoms with E-state index in [2.05, 4.69) is 20.6 Å². The third-order valence-electron chi connectivity index (χ3n) is 3.76. The number of benzene rings is 1. The Labute approximate surface area is 140 Å². The van der Waals surface area contributed by atoms with Crippen molar-refractivity contribution in [1.29, 1.82) is 0 Å². The molecule has 6 heteroatoms. The van der Waals surface area contributed by atoms with Crippen molar-refractivity contribution in [3.05, 3.63) is 71.2 Å². The number of nitrogens with one attached hydrogen (secondary N) is 1. The van der Waals surface area contributed by atoms with Gasteiger partial charge in [0.1, 0.15) is 0 Å². The number of rotatable bonds is 4. The van der Waals surface area contributed by atoms with E-state index in [4.69, 9.17) is 0 Å². The van der Waals surface area contributed by atoms with Crippen LogP contribution in [-0.2, 0) is 0 Å². The fourth-order valence-corrected chi connectivity index (χ4v) is 2.52. The molecule has 0 fully saturated rings. The van der Waals surface area contributed by atoms with Gasteiger partial charge in [0, 0.05) is 5.69 Å². The van der Waals surface area contributed by atoms with Crippen molar-refractivity contribution < 1.29 is 4.79 Å². The highest BCUT2D eigenvalue weighted by molar-refractivity contribution is 5.92. The lowest BCUT2D eigenvalue weighted by atomic mass is 10.1. The lowest BCUT2D eigenvalue weighted by molar-refractivity contribution is 0.0934. The van der Waals surface area contributed by atoms with Crippen molar-refractivity contribution in [2.24, 2.45) is 0 Å². The van der Waals surface area contributed by atoms with Gasteiger partial charge >= 0.3 is 0 Å². The number of carbonyl (C=O) groups excluding carboxylic acids is 1. The van der Waals surface area contributed by atoms with Gasteiger partial charge in [-0.1, -0.05) is 30.3 Å². The van der Waals surface area contributed by atoms with Crippen LogP contribution in [0.3, 0.4) is 0 Å². The maximum atomic E-state index is 12.3. The molecule has 0 unspecified atom stereocenters. The van der Waals surface area contributed by atoms with Gasteiger partial charge in [0.15, 0.2) is 11.5 Å². The van der Waals surface area contributed by atoms with Gasteiger partial charge in [-0.15, -0.1) is 10.2 Å². The first-order valence-corrected chi connectivity index (χ1v) is 7.78. The van der Waals surface area contributed by atoms with E-state index in [9.17, 15) is 4.79 Å². The SMILES string of the molecule is Cc1cc(C)n(-c2ccc(C(=O)N[C@H](C)c3ccccc3)nn2)n1. The second-order valence-electron chi connectivity index (χ2n) is 5.72. The molecule has 0 saturated carbocycles. The van der Waals surface area contributed by atoms with Gasteiger partial charge in [-0.3, -0.25) is 4.79 Å². The number of hydrogen-bond acceptors (Lipinski definition) is 4. The molecule has 6 nitrogen and oxygen atoms in total. The van der Waals surface area contributed by atoms with Crippen LogP contribution in [0.5, 0.6) is 0 Å². The Morgan fingerprint density at radius 3 is 2.42 bits per heavy atom. The third kappa shape index (κ3) is 3.32. The van der Waals surface area contributed by atoms with E-state index in [0.29, 0.717) is 5.82 Å². The van der Waals surface area contributed by atoms with Crippen molar-refractivity contribution >= 4 is 5.91 Å². The summed E-state index contributed by atoms with van der Waals surface area (Å²) in [5.41, 5.74) is 3.20. The minimum absolute atomic E-state index is 0.101. The second kappa shape index (κ2) is 6.62. The predicted molar refractivity (Wildman–Crippen MR) is 91.0 cm³/mol. The number of aromatic nitrogens is 4. The first-order valence-electron chi connectivity index (χ1n) is 7.78. The summed E-state index contributed by atoms with van der Waals surface area (Å²) in [5, 5.41) is 15.4. The molecule has 2 heterocycles. The van der Waals surface area contributed by atoms with E-state index < -0.39 is 0 Å². The molecule has 1 amide bonds. The van der Waals surface area contributed by atoms with Crippen LogP contribution < -0.4 is 5.32 Å². The lowest BCUT2D eigenvalue weighted by Gasteiger charge is -2.13. The van der Waals surface area contributed by atoms with E-state index in [1.807, 2.05) is 57.2 Å². The second-order valence-corrected chi connectivity index (χ2v) is 5.72. The van der Waals surface area contributed by atoms with Crippen molar-refractivity contribution in [3.63, 3.8) is 0 Å². The van der Waals surface area contributed by atoms with Crippen molar-refractivity contribution in [2.75, 3.05) is 0 Å². The van der Waals surface area contributed by atoms with Crippen LogP contribution in [0, 0.1) is 13.8 Å². The molecule has 3 aromatic rings. The Bertz CT molecular complexity index is 840. The van der Waals surface area contributed by atoms with E-state index in [-0.39, 0.29) is 17.6 Å². The molecule has 1 N–H and O–H groups in total. The summed E-state index contributed by atoms with van der Waals surface area (Å²) in [5.74, 6) is 0.340. The zero-order valence-corrected chi connectivity index (χ0v) is 13.9. The molecule has 3 rings (SSSR count). The van der Waals surface area contributed by atoms with Crippen LogP contribution >= 0.6 is 0 Å². The Morgan fingerprint density at radius 2 is 1.83 bits per heavy atom. The Morgan fingerprint density at radius 1 is 1.08 bits per heavy atom. The molecule has 1 aromatic carbocycles. The van der Waals surface area contributed by atoms with Crippen LogP contribution in [0.15, 0.2) is 48.5 Å². The number of nitrogens with zero attached hydrogens (tertiary/aromatic N) is 4. The van der Waals surface area contributed by atoms with Gasteiger partial charge in [-0.05, 0) is 44.5 Å². The van der Waals surface area contributed by atoms with Crippen LogP contribution in [0.2, 0.25) is 0 Å². The highest BCUT2D eigenvalue weighted by Crippen LogP contribution is 2.13. The normalized spacial score (nSPS) is 12.0. The molecule has 0 aliphatic heterocycles. The monoisotopic (exact) mass is 321 g/mol. The number of aryl methyl sites for hydroxylation is 2. The minimum Gasteiger partial charge on any atom is -0.344 e. The summed E-state index contributed by atoms with van der Waals surface area (Å²) in [7, 11) is 0. The van der Waals surface area contributed by atoms with Crippen LogP contribution in [0.1, 0.15) is 40.4 Å². The van der Waals surface area contributed by atoms with Crippen LogP contribution in [0.25, 0.3) is 5.82 Å². The van der Waals surface area contributed by atoms with Crippen LogP contribution in [-0.4, -0.2) is 25.9 Å². The first-order chi connectivity index (χ1) is 11.5. The standard InChI is InChI=1S/C18H19N5O/c1-12-11-13(2)23(22-12)17-10-9-16(20-21-17)18(24)19-14(3)15-7-5-4-6-8-15/h4-11,14H,1-3H3,(H,19,24)/t14-/m1/s1. The molecule has 0 saturated heterocycles. The number of carbonyl (C=O) groups is 1. The molecule has 0 bridgehead atoms. The fraction of sp³-hybridized carbons (Fsp3) is 0.222. The average Bonchev–Trinajstić information content (AvgIpc) is 2.94. The molecular formula is C18H19N5O. The smallest absolute Gasteiger partial charge is 0.272 e. The maximum absolute atomic E-state index is 12.3. The van der Waals surface area contributed by atoms with Crippen molar-refractivity contribution in [1.82, 2.24) is 25.3 Å². The third-order valence-corrected chi connectivity index (χ3v) is 3.76. The summed E-state index contributed by atoms with van der Waals surface area (Å²) < 4.78 is 1.70. The average molecular weight is 321 g/mol. The summed E-state index contributed by atoms with van der Waals surface area (Å²) >= 11 is 0. The maximum Gasteiger partial charge on any atom is 0.272 e. The zero-order chi connectivity index (χ0) is 17.1. The molecule has 0 spiro atoms. The van der Waals surface area contributed by atoms with E-state index in [1.165, 1.54) is 0 Å². The molecule has 0 radical (unpaired) electrons. The minimum atomic E-state index is -0.251. The lowest BCUT2D eigenvalue weighted by Crippen LogP contribution is -2.27. The van der Waals surface area contributed by atoms with Gasteiger partial charge in [0.05, 0.1) is 11.7 Å². The fourth-order valence-electron chi connectivity index (χ4n) is 2.52. The van der Waals surface area contributed by atoms with Crippen molar-refractivity contribution in [3.8, 4) is 5.82 Å². The summed E-state index contributed by atoms with van der Waals surface area (Å²) in [6.07, 6.45) is 0. The molecule has 1 atom stereocenters. The molecule has 2 aromatic heterocycles. The van der Waals surface area contributed by atoms with Crippen LogP contribution in [0.4, 0.5) is 0 Å².